The van der Waals surface area contributed by atoms with Crippen LogP contribution in [0.1, 0.15) is 129 Å². The fourth-order valence-corrected chi connectivity index (χ4v) is 3.21. The van der Waals surface area contributed by atoms with Crippen molar-refractivity contribution in [2.24, 2.45) is 10.9 Å². The number of nitrogens with zero attached hydrogens (tertiary/aromatic N) is 1. The Bertz CT molecular complexity index is 373. The summed E-state index contributed by atoms with van der Waals surface area (Å²) >= 11 is 0. The average molecular weight is 427 g/mol. The number of rotatable bonds is 22. The summed E-state index contributed by atoms with van der Waals surface area (Å²) in [4.78, 5) is 19.6. The third-order valence-electron chi connectivity index (χ3n) is 5.11. The van der Waals surface area contributed by atoms with Crippen molar-refractivity contribution in [3.05, 3.63) is 17.1 Å². The van der Waals surface area contributed by atoms with E-state index in [1.807, 2.05) is 0 Å². The van der Waals surface area contributed by atoms with Crippen molar-refractivity contribution >= 4 is 5.97 Å². The standard InChI is InChI=1S/C22H42O2.C3H8N2O/c1-2-3-4-5-6-7-8-9-10-11-12-13-14-15-16-17-18-19-20-21-22(23)24;4-2-1-3-5-6/h9-10H,2-8,11-21H2,1H3,(H,23,24);1-4H2/b10-9-;. The topological polar surface area (TPSA) is 92.8 Å². The van der Waals surface area contributed by atoms with Crippen LogP contribution < -0.4 is 5.73 Å². The molecule has 0 fully saturated rings. The number of aliphatic carboxylic acids is 1. The Balaban J connectivity index is 0. The molecule has 5 nitrogen and oxygen atoms in total. The van der Waals surface area contributed by atoms with Crippen LogP contribution in [-0.4, -0.2) is 24.2 Å². The number of hydrogen-bond acceptors (Lipinski definition) is 4. The van der Waals surface area contributed by atoms with Crippen LogP contribution in [0.5, 0.6) is 0 Å². The second-order valence-corrected chi connectivity index (χ2v) is 8.14. The number of unbranched alkanes of at least 4 members (excludes halogenated alkanes) is 15. The predicted octanol–water partition coefficient (Wildman–Crippen LogP) is 7.77. The smallest absolute Gasteiger partial charge is 0.303 e. The molecule has 3 N–H and O–H groups in total. The second kappa shape index (κ2) is 30.0. The van der Waals surface area contributed by atoms with E-state index in [0.29, 0.717) is 25.9 Å². The Kier molecular flexibility index (Phi) is 30.9. The minimum atomic E-state index is -0.656. The zero-order chi connectivity index (χ0) is 22.5. The van der Waals surface area contributed by atoms with Gasteiger partial charge in [-0.05, 0) is 45.1 Å². The second-order valence-electron chi connectivity index (χ2n) is 8.14. The van der Waals surface area contributed by atoms with E-state index in [1.54, 1.807) is 0 Å². The molecule has 0 bridgehead atoms. The van der Waals surface area contributed by atoms with Gasteiger partial charge in [0, 0.05) is 6.42 Å². The van der Waals surface area contributed by atoms with Gasteiger partial charge in [0.25, 0.3) is 0 Å². The molecule has 0 saturated carbocycles. The first-order chi connectivity index (χ1) is 14.7. The molecule has 30 heavy (non-hydrogen) atoms. The van der Waals surface area contributed by atoms with Crippen LogP contribution >= 0.6 is 0 Å². The maximum atomic E-state index is 10.4. The van der Waals surface area contributed by atoms with Gasteiger partial charge in [0.15, 0.2) is 0 Å². The molecule has 0 aromatic carbocycles. The number of nitroso groups, excluding NO2 is 1. The van der Waals surface area contributed by atoms with Gasteiger partial charge in [0.1, 0.15) is 0 Å². The van der Waals surface area contributed by atoms with Crippen LogP contribution in [0.15, 0.2) is 17.3 Å². The minimum absolute atomic E-state index is 0.340. The fourth-order valence-electron chi connectivity index (χ4n) is 3.21. The van der Waals surface area contributed by atoms with Crippen LogP contribution in [0.2, 0.25) is 0 Å². The number of carboxylic acids is 1. The monoisotopic (exact) mass is 426 g/mol. The summed E-state index contributed by atoms with van der Waals surface area (Å²) in [6, 6.07) is 0. The highest BCUT2D eigenvalue weighted by Crippen LogP contribution is 2.12. The minimum Gasteiger partial charge on any atom is -0.481 e. The summed E-state index contributed by atoms with van der Waals surface area (Å²) < 4.78 is 0. The lowest BCUT2D eigenvalue weighted by atomic mass is 10.1. The van der Waals surface area contributed by atoms with E-state index < -0.39 is 5.97 Å². The van der Waals surface area contributed by atoms with Gasteiger partial charge in [-0.15, -0.1) is 0 Å². The Morgan fingerprint density at radius 2 is 1.17 bits per heavy atom. The van der Waals surface area contributed by atoms with Gasteiger partial charge in [-0.3, -0.25) is 4.79 Å². The molecular formula is C25H50N2O3. The normalized spacial score (nSPS) is 10.7. The molecule has 0 saturated heterocycles. The summed E-state index contributed by atoms with van der Waals surface area (Å²) in [5.41, 5.74) is 5.02. The van der Waals surface area contributed by atoms with E-state index in [0.717, 1.165) is 12.8 Å². The van der Waals surface area contributed by atoms with Crippen molar-refractivity contribution in [1.29, 1.82) is 0 Å². The fraction of sp³-hybridized carbons (Fsp3) is 0.880. The van der Waals surface area contributed by atoms with Gasteiger partial charge in [0.2, 0.25) is 0 Å². The van der Waals surface area contributed by atoms with Crippen LogP contribution in [0, 0.1) is 4.91 Å². The van der Waals surface area contributed by atoms with Gasteiger partial charge in [0.05, 0.1) is 6.54 Å². The third-order valence-corrected chi connectivity index (χ3v) is 5.11. The third kappa shape index (κ3) is 34.3. The van der Waals surface area contributed by atoms with Gasteiger partial charge < -0.3 is 10.8 Å². The summed E-state index contributed by atoms with van der Waals surface area (Å²) in [5.74, 6) is -0.656. The summed E-state index contributed by atoms with van der Waals surface area (Å²) in [7, 11) is 0. The average Bonchev–Trinajstić information content (AvgIpc) is 2.74. The lowest BCUT2D eigenvalue weighted by molar-refractivity contribution is -0.137. The summed E-state index contributed by atoms with van der Waals surface area (Å²) in [6.07, 6.45) is 27.8. The van der Waals surface area contributed by atoms with Crippen molar-refractivity contribution in [3.8, 4) is 0 Å². The van der Waals surface area contributed by atoms with E-state index in [1.165, 1.54) is 96.3 Å². The lowest BCUT2D eigenvalue weighted by Crippen LogP contribution is -1.99. The van der Waals surface area contributed by atoms with E-state index >= 15 is 0 Å². The molecule has 0 aliphatic carbocycles. The Hall–Kier alpha value is -1.23. The number of carbonyl (C=O) groups is 1. The molecule has 0 amide bonds. The number of allylic oxidation sites excluding steroid dienone is 2. The Morgan fingerprint density at radius 3 is 1.53 bits per heavy atom. The molecule has 0 unspecified atom stereocenters. The maximum Gasteiger partial charge on any atom is 0.303 e. The zero-order valence-electron chi connectivity index (χ0n) is 19.8. The molecule has 0 atom stereocenters. The molecule has 0 spiro atoms. The molecule has 0 aromatic heterocycles. The lowest BCUT2D eigenvalue weighted by Gasteiger charge is -2.01. The molecule has 5 heteroatoms. The largest absolute Gasteiger partial charge is 0.481 e. The number of nitrogens with two attached hydrogens (primary N) is 1. The quantitative estimate of drug-likeness (QED) is 0.105. The molecule has 0 rings (SSSR count). The first-order valence-corrected chi connectivity index (χ1v) is 12.5. The van der Waals surface area contributed by atoms with Crippen LogP contribution in [-0.2, 0) is 4.79 Å². The molecule has 0 heterocycles. The predicted molar refractivity (Wildman–Crippen MR) is 130 cm³/mol. The summed E-state index contributed by atoms with van der Waals surface area (Å²) in [5, 5.41) is 11.1. The van der Waals surface area contributed by atoms with Crippen molar-refractivity contribution in [2.45, 2.75) is 129 Å². The molecule has 0 radical (unpaired) electrons. The van der Waals surface area contributed by atoms with Crippen molar-refractivity contribution in [2.75, 3.05) is 13.1 Å². The van der Waals surface area contributed by atoms with Crippen molar-refractivity contribution in [3.63, 3.8) is 0 Å². The van der Waals surface area contributed by atoms with Crippen molar-refractivity contribution < 1.29 is 9.90 Å². The van der Waals surface area contributed by atoms with E-state index in [2.05, 4.69) is 24.3 Å². The van der Waals surface area contributed by atoms with E-state index in [9.17, 15) is 9.70 Å². The zero-order valence-corrected chi connectivity index (χ0v) is 19.8. The van der Waals surface area contributed by atoms with Gasteiger partial charge in [-0.2, -0.15) is 4.91 Å². The highest BCUT2D eigenvalue weighted by atomic mass is 16.4. The van der Waals surface area contributed by atoms with E-state index in [-0.39, 0.29) is 0 Å². The van der Waals surface area contributed by atoms with Crippen LogP contribution in [0.4, 0.5) is 0 Å². The maximum absolute atomic E-state index is 10.4. The first kappa shape index (κ1) is 31.0. The van der Waals surface area contributed by atoms with Gasteiger partial charge in [-0.1, -0.05) is 101 Å². The molecule has 0 aliphatic rings. The highest BCUT2D eigenvalue weighted by molar-refractivity contribution is 5.66. The summed E-state index contributed by atoms with van der Waals surface area (Å²) in [6.45, 7) is 3.19. The van der Waals surface area contributed by atoms with Gasteiger partial charge >= 0.3 is 5.97 Å². The number of hydrogen-bond donors (Lipinski definition) is 2. The Morgan fingerprint density at radius 1 is 0.733 bits per heavy atom. The molecular weight excluding hydrogens is 376 g/mol. The first-order valence-electron chi connectivity index (χ1n) is 12.5. The number of carboxylic acid groups (broad SMARTS) is 1. The van der Waals surface area contributed by atoms with Crippen LogP contribution in [0.25, 0.3) is 0 Å². The van der Waals surface area contributed by atoms with E-state index in [4.69, 9.17) is 10.8 Å². The van der Waals surface area contributed by atoms with Crippen molar-refractivity contribution in [1.82, 2.24) is 0 Å². The molecule has 0 aliphatic heterocycles. The SMILES string of the molecule is CCCCCCCC/C=C\CCCCCCCCCCCC(=O)O.NCCCN=O. The molecule has 178 valence electrons. The van der Waals surface area contributed by atoms with Crippen LogP contribution in [0.3, 0.4) is 0 Å². The van der Waals surface area contributed by atoms with Gasteiger partial charge in [-0.25, -0.2) is 0 Å². The highest BCUT2D eigenvalue weighted by Gasteiger charge is 1.96. The molecule has 0 aromatic rings. The Labute approximate surface area is 186 Å².